The Morgan fingerprint density at radius 3 is 2.24 bits per heavy atom. The van der Waals surface area contributed by atoms with Crippen molar-refractivity contribution in [1.29, 1.82) is 0 Å². The first-order valence-corrected chi connectivity index (χ1v) is 11.8. The van der Waals surface area contributed by atoms with Crippen LogP contribution in [0.5, 0.6) is 28.7 Å². The van der Waals surface area contributed by atoms with Crippen LogP contribution in [0.2, 0.25) is 5.02 Å². The van der Waals surface area contributed by atoms with E-state index in [9.17, 15) is 19.8 Å². The highest BCUT2D eigenvalue weighted by atomic mass is 35.5. The maximum Gasteiger partial charge on any atom is 0.258 e. The molecule has 1 aliphatic rings. The molecule has 1 aliphatic heterocycles. The lowest BCUT2D eigenvalue weighted by atomic mass is 9.92. The minimum Gasteiger partial charge on any atom is -0.507 e. The summed E-state index contributed by atoms with van der Waals surface area (Å²) >= 11 is 6.00. The Hall–Kier alpha value is -4.11. The third kappa shape index (κ3) is 5.22. The molecule has 4 rings (SSSR count). The fraction of sp³-hybridized carbons (Fsp3) is 0.259. The Bertz CT molecular complexity index is 1320. The molecule has 0 aliphatic carbocycles. The van der Waals surface area contributed by atoms with Gasteiger partial charge in [0.25, 0.3) is 5.91 Å². The smallest absolute Gasteiger partial charge is 0.258 e. The number of phenols is 2. The first-order valence-electron chi connectivity index (χ1n) is 11.4. The summed E-state index contributed by atoms with van der Waals surface area (Å²) in [6, 6.07) is 12.4. The Balaban J connectivity index is 1.62. The fourth-order valence-corrected chi connectivity index (χ4v) is 4.56. The number of methoxy groups -OCH3 is 3. The van der Waals surface area contributed by atoms with Crippen molar-refractivity contribution in [2.45, 2.75) is 25.6 Å². The predicted molar refractivity (Wildman–Crippen MR) is 137 cm³/mol. The molecule has 2 amide bonds. The van der Waals surface area contributed by atoms with Crippen LogP contribution in [0.15, 0.2) is 48.5 Å². The molecule has 10 heteroatoms. The minimum atomic E-state index is -0.851. The topological polar surface area (TPSA) is 118 Å². The van der Waals surface area contributed by atoms with E-state index in [0.717, 1.165) is 17.2 Å². The molecule has 3 aromatic rings. The van der Waals surface area contributed by atoms with Crippen molar-refractivity contribution in [1.82, 2.24) is 10.2 Å². The molecule has 1 heterocycles. The van der Waals surface area contributed by atoms with Gasteiger partial charge in [0.2, 0.25) is 11.7 Å². The second kappa shape index (κ2) is 10.9. The molecule has 3 aromatic carbocycles. The molecule has 0 saturated heterocycles. The Labute approximate surface area is 219 Å². The molecule has 194 valence electrons. The highest BCUT2D eigenvalue weighted by Gasteiger charge is 2.36. The molecular weight excluding hydrogens is 500 g/mol. The number of phenolic OH excluding ortho intramolecular Hbond substituents is 2. The molecular formula is C27H27ClN2O7. The van der Waals surface area contributed by atoms with Crippen LogP contribution in [-0.4, -0.2) is 54.3 Å². The van der Waals surface area contributed by atoms with E-state index < -0.39 is 17.7 Å². The number of amides is 2. The SMILES string of the molecule is COc1cc(CNC(=O)[C@H]2Cc3ccccc3CN2C(=O)c2cc(Cl)c(O)cc2O)cc(OC)c1OC. The molecule has 0 radical (unpaired) electrons. The van der Waals surface area contributed by atoms with E-state index in [4.69, 9.17) is 25.8 Å². The normalized spacial score (nSPS) is 14.5. The van der Waals surface area contributed by atoms with E-state index in [0.29, 0.717) is 22.8 Å². The minimum absolute atomic E-state index is 0.0815. The number of ether oxygens (including phenoxy) is 3. The number of carbonyl (C=O) groups is 2. The molecule has 1 atom stereocenters. The van der Waals surface area contributed by atoms with E-state index in [1.165, 1.54) is 32.3 Å². The average molecular weight is 527 g/mol. The highest BCUT2D eigenvalue weighted by Crippen LogP contribution is 2.38. The van der Waals surface area contributed by atoms with Gasteiger partial charge in [0.15, 0.2) is 11.5 Å². The summed E-state index contributed by atoms with van der Waals surface area (Å²) in [6.45, 7) is 0.307. The number of nitrogens with one attached hydrogen (secondary N) is 1. The molecule has 0 aromatic heterocycles. The third-order valence-corrected chi connectivity index (χ3v) is 6.60. The summed E-state index contributed by atoms with van der Waals surface area (Å²) in [5.74, 6) is -0.388. The van der Waals surface area contributed by atoms with Crippen LogP contribution in [-0.2, 0) is 24.3 Å². The predicted octanol–water partition coefficient (Wildman–Crippen LogP) is 3.66. The van der Waals surface area contributed by atoms with E-state index in [1.807, 2.05) is 24.3 Å². The van der Waals surface area contributed by atoms with Crippen molar-refractivity contribution in [2.75, 3.05) is 21.3 Å². The number of carbonyl (C=O) groups excluding carboxylic acids is 2. The molecule has 0 unspecified atom stereocenters. The van der Waals surface area contributed by atoms with Gasteiger partial charge >= 0.3 is 0 Å². The molecule has 37 heavy (non-hydrogen) atoms. The number of aromatic hydroxyl groups is 2. The Morgan fingerprint density at radius 2 is 1.62 bits per heavy atom. The maximum atomic E-state index is 13.5. The second-order valence-corrected chi connectivity index (χ2v) is 8.90. The number of nitrogens with zero attached hydrogens (tertiary/aromatic N) is 1. The quantitative estimate of drug-likeness (QED) is 0.430. The summed E-state index contributed by atoms with van der Waals surface area (Å²) in [4.78, 5) is 28.4. The molecule has 3 N–H and O–H groups in total. The van der Waals surface area contributed by atoms with E-state index in [-0.39, 0.29) is 41.8 Å². The van der Waals surface area contributed by atoms with Crippen LogP contribution < -0.4 is 19.5 Å². The van der Waals surface area contributed by atoms with Crippen molar-refractivity contribution in [2.24, 2.45) is 0 Å². The summed E-state index contributed by atoms with van der Waals surface area (Å²) < 4.78 is 16.1. The van der Waals surface area contributed by atoms with Gasteiger partial charge in [0.1, 0.15) is 17.5 Å². The van der Waals surface area contributed by atoms with Gasteiger partial charge in [-0.25, -0.2) is 0 Å². The Morgan fingerprint density at radius 1 is 0.973 bits per heavy atom. The number of fused-ring (bicyclic) bond motifs is 1. The van der Waals surface area contributed by atoms with Gasteiger partial charge in [0, 0.05) is 25.6 Å². The van der Waals surface area contributed by atoms with Gasteiger partial charge in [0.05, 0.1) is 31.9 Å². The average Bonchev–Trinajstić information content (AvgIpc) is 2.91. The lowest BCUT2D eigenvalue weighted by Gasteiger charge is -2.36. The number of halogens is 1. The zero-order valence-corrected chi connectivity index (χ0v) is 21.3. The number of rotatable bonds is 7. The summed E-state index contributed by atoms with van der Waals surface area (Å²) in [6.07, 6.45) is 0.287. The molecule has 0 fully saturated rings. The van der Waals surface area contributed by atoms with E-state index in [1.54, 1.807) is 12.1 Å². The van der Waals surface area contributed by atoms with E-state index >= 15 is 0 Å². The zero-order valence-electron chi connectivity index (χ0n) is 20.6. The second-order valence-electron chi connectivity index (χ2n) is 8.49. The van der Waals surface area contributed by atoms with Crippen molar-refractivity contribution in [3.63, 3.8) is 0 Å². The summed E-state index contributed by atoms with van der Waals surface area (Å²) in [7, 11) is 4.52. The molecule has 9 nitrogen and oxygen atoms in total. The van der Waals surface area contributed by atoms with Crippen molar-refractivity contribution in [3.8, 4) is 28.7 Å². The highest BCUT2D eigenvalue weighted by molar-refractivity contribution is 6.32. The molecule has 0 saturated carbocycles. The lowest BCUT2D eigenvalue weighted by molar-refractivity contribution is -0.126. The van der Waals surface area contributed by atoms with E-state index in [2.05, 4.69) is 5.32 Å². The van der Waals surface area contributed by atoms with Crippen LogP contribution in [0.25, 0.3) is 0 Å². The number of benzene rings is 3. The number of hydrogen-bond acceptors (Lipinski definition) is 7. The van der Waals surface area contributed by atoms with Gasteiger partial charge in [-0.1, -0.05) is 35.9 Å². The third-order valence-electron chi connectivity index (χ3n) is 6.30. The van der Waals surface area contributed by atoms with Gasteiger partial charge in [-0.3, -0.25) is 9.59 Å². The Kier molecular flexibility index (Phi) is 7.63. The van der Waals surface area contributed by atoms with Crippen molar-refractivity contribution >= 4 is 23.4 Å². The maximum absolute atomic E-state index is 13.5. The number of hydrogen-bond donors (Lipinski definition) is 3. The van der Waals surface area contributed by atoms with Gasteiger partial charge in [-0.2, -0.15) is 0 Å². The van der Waals surface area contributed by atoms with Crippen LogP contribution in [0.1, 0.15) is 27.0 Å². The van der Waals surface area contributed by atoms with Crippen LogP contribution in [0.3, 0.4) is 0 Å². The zero-order chi connectivity index (χ0) is 26.7. The monoisotopic (exact) mass is 526 g/mol. The summed E-state index contributed by atoms with van der Waals surface area (Å²) in [5, 5.41) is 22.9. The van der Waals surface area contributed by atoms with Crippen LogP contribution in [0.4, 0.5) is 0 Å². The first-order chi connectivity index (χ1) is 17.8. The van der Waals surface area contributed by atoms with Gasteiger partial charge < -0.3 is 34.6 Å². The van der Waals surface area contributed by atoms with Crippen LogP contribution >= 0.6 is 11.6 Å². The largest absolute Gasteiger partial charge is 0.507 e. The van der Waals surface area contributed by atoms with Gasteiger partial charge in [-0.05, 0) is 34.9 Å². The first kappa shape index (κ1) is 26.0. The van der Waals surface area contributed by atoms with Gasteiger partial charge in [-0.15, -0.1) is 0 Å². The molecule has 0 spiro atoms. The van der Waals surface area contributed by atoms with Crippen molar-refractivity contribution in [3.05, 3.63) is 75.8 Å². The molecule has 0 bridgehead atoms. The fourth-order valence-electron chi connectivity index (χ4n) is 4.39. The summed E-state index contributed by atoms with van der Waals surface area (Å²) in [5.41, 5.74) is 2.45. The lowest BCUT2D eigenvalue weighted by Crippen LogP contribution is -2.52. The standard InChI is InChI=1S/C27H27ClN2O7/c1-35-23-8-15(9-24(36-2)25(23)37-3)13-29-26(33)20-10-16-6-4-5-7-17(16)14-30(20)27(34)18-11-19(28)22(32)12-21(18)31/h4-9,11-12,20,31-32H,10,13-14H2,1-3H3,(H,29,33)/t20-/m1/s1. The van der Waals surface area contributed by atoms with Crippen molar-refractivity contribution < 1.29 is 34.0 Å². The van der Waals surface area contributed by atoms with Crippen LogP contribution in [0, 0.1) is 0 Å².